The van der Waals surface area contributed by atoms with Gasteiger partial charge in [0.15, 0.2) is 9.28 Å². The third-order valence-corrected chi connectivity index (χ3v) is 8.10. The van der Waals surface area contributed by atoms with E-state index in [4.69, 9.17) is 4.43 Å². The van der Waals surface area contributed by atoms with E-state index in [1.807, 2.05) is 6.20 Å². The topological polar surface area (TPSA) is 21.3 Å². The zero-order chi connectivity index (χ0) is 6.53. The molecule has 1 N–H and O–H groups in total. The number of nitrogens with one attached hydrogen (secondary N) is 1. The zero-order valence-corrected chi connectivity index (χ0v) is 8.17. The van der Waals surface area contributed by atoms with E-state index in [2.05, 4.69) is 11.6 Å². The first-order chi connectivity index (χ1) is 4.43. The summed E-state index contributed by atoms with van der Waals surface area (Å²) >= 11 is 0. The molecule has 1 aliphatic rings. The van der Waals surface area contributed by atoms with Crippen LogP contribution in [0.4, 0.5) is 0 Å². The molecule has 2 nitrogen and oxygen atoms in total. The molecule has 0 spiro atoms. The lowest BCUT2D eigenvalue weighted by Crippen LogP contribution is -2.40. The molecule has 1 unspecified atom stereocenters. The molecule has 1 rings (SSSR count). The van der Waals surface area contributed by atoms with Crippen LogP contribution in [0.3, 0.4) is 0 Å². The first-order valence-electron chi connectivity index (χ1n) is 3.38. The van der Waals surface area contributed by atoms with Gasteiger partial charge in [-0.2, -0.15) is 0 Å². The van der Waals surface area contributed by atoms with Gasteiger partial charge >= 0.3 is 0 Å². The molecule has 1 atom stereocenters. The van der Waals surface area contributed by atoms with Crippen molar-refractivity contribution in [3.8, 4) is 0 Å². The van der Waals surface area contributed by atoms with Crippen molar-refractivity contribution in [1.29, 1.82) is 0 Å². The van der Waals surface area contributed by atoms with Crippen molar-refractivity contribution in [2.45, 2.75) is 12.5 Å². The van der Waals surface area contributed by atoms with Crippen LogP contribution >= 0.6 is 0 Å². The number of rotatable bonds is 2. The summed E-state index contributed by atoms with van der Waals surface area (Å²) in [6, 6.07) is 1.41. The Morgan fingerprint density at radius 2 is 2.67 bits per heavy atom. The summed E-state index contributed by atoms with van der Waals surface area (Å²) in [5.41, 5.74) is 0. The van der Waals surface area contributed by atoms with Gasteiger partial charge in [0.1, 0.15) is 8.48 Å². The molecule has 0 radical (unpaired) electrons. The highest BCUT2D eigenvalue weighted by Gasteiger charge is 2.13. The van der Waals surface area contributed by atoms with E-state index in [0.717, 1.165) is 6.61 Å². The Bertz CT molecular complexity index is 93.0. The molecule has 0 saturated carbocycles. The Balaban J connectivity index is 2.15. The Labute approximate surface area is 59.7 Å². The quantitative estimate of drug-likeness (QED) is 0.546. The van der Waals surface area contributed by atoms with Crippen LogP contribution in [0.2, 0.25) is 6.04 Å². The van der Waals surface area contributed by atoms with Gasteiger partial charge in [0, 0.05) is 6.61 Å². The molecule has 0 aromatic carbocycles. The van der Waals surface area contributed by atoms with Gasteiger partial charge in [-0.15, -0.1) is 0 Å². The van der Waals surface area contributed by atoms with Crippen molar-refractivity contribution < 1.29 is 4.43 Å². The minimum absolute atomic E-state index is 0.132. The number of hydrogen-bond acceptors (Lipinski definition) is 2. The van der Waals surface area contributed by atoms with Crippen molar-refractivity contribution >= 4 is 17.8 Å². The monoisotopic (exact) mass is 159 g/mol. The molecule has 0 aliphatic carbocycles. The number of hydrogen-bond donors (Lipinski definition) is 1. The smallest absolute Gasteiger partial charge is 0.170 e. The fourth-order valence-corrected chi connectivity index (χ4v) is 6.62. The molecule has 0 aromatic rings. The van der Waals surface area contributed by atoms with Crippen molar-refractivity contribution in [3.63, 3.8) is 0 Å². The summed E-state index contributed by atoms with van der Waals surface area (Å²) < 4.78 is 5.42. The lowest BCUT2D eigenvalue weighted by molar-refractivity contribution is 0.334. The Kier molecular flexibility index (Phi) is 3.03. The lowest BCUT2D eigenvalue weighted by atomic mass is 10.5. The van der Waals surface area contributed by atoms with E-state index in [-0.39, 0.29) is 9.28 Å². The van der Waals surface area contributed by atoms with E-state index in [1.54, 1.807) is 0 Å². The van der Waals surface area contributed by atoms with Crippen LogP contribution in [-0.4, -0.2) is 24.4 Å². The zero-order valence-electron chi connectivity index (χ0n) is 5.60. The van der Waals surface area contributed by atoms with Gasteiger partial charge in [0.2, 0.25) is 0 Å². The largest absolute Gasteiger partial charge is 0.425 e. The van der Waals surface area contributed by atoms with Gasteiger partial charge in [-0.25, -0.2) is 0 Å². The molecule has 1 saturated heterocycles. The first-order valence-corrected chi connectivity index (χ1v) is 8.62. The summed E-state index contributed by atoms with van der Waals surface area (Å²) in [5, 5.41) is 0. The molecule has 4 heteroatoms. The summed E-state index contributed by atoms with van der Waals surface area (Å²) in [6.07, 6.45) is 3.10. The Morgan fingerprint density at radius 3 is 3.22 bits per heavy atom. The van der Waals surface area contributed by atoms with Crippen molar-refractivity contribution in [2.75, 3.05) is 6.61 Å². The van der Waals surface area contributed by atoms with Crippen LogP contribution < -0.4 is 4.98 Å². The first kappa shape index (κ1) is 7.05. The molecule has 0 aromatic heterocycles. The maximum Gasteiger partial charge on any atom is 0.170 e. The minimum atomic E-state index is -0.578. The van der Waals surface area contributed by atoms with Crippen molar-refractivity contribution in [1.82, 2.24) is 4.98 Å². The molecule has 1 aliphatic heterocycles. The van der Waals surface area contributed by atoms with Gasteiger partial charge in [0.25, 0.3) is 0 Å². The van der Waals surface area contributed by atoms with E-state index in [9.17, 15) is 0 Å². The predicted octanol–water partition coefficient (Wildman–Crippen LogP) is -0.556. The van der Waals surface area contributed by atoms with Crippen molar-refractivity contribution in [3.05, 3.63) is 12.8 Å². The normalized spacial score (nSPS) is 30.0. The van der Waals surface area contributed by atoms with Crippen LogP contribution in [-0.2, 0) is 4.43 Å². The van der Waals surface area contributed by atoms with Gasteiger partial charge < -0.3 is 9.41 Å². The van der Waals surface area contributed by atoms with Crippen LogP contribution in [0.25, 0.3) is 0 Å². The van der Waals surface area contributed by atoms with E-state index in [0.29, 0.717) is 0 Å². The van der Waals surface area contributed by atoms with Gasteiger partial charge in [-0.1, -0.05) is 6.58 Å². The van der Waals surface area contributed by atoms with Crippen LogP contribution in [0.15, 0.2) is 12.8 Å². The maximum absolute atomic E-state index is 5.42. The summed E-state index contributed by atoms with van der Waals surface area (Å²) in [6.45, 7) is 4.67. The summed E-state index contributed by atoms with van der Waals surface area (Å²) in [7, 11) is -0.710. The Hall–Kier alpha value is -0.0662. The third kappa shape index (κ3) is 2.34. The minimum Gasteiger partial charge on any atom is -0.425 e. The highest BCUT2D eigenvalue weighted by molar-refractivity contribution is 7.08. The predicted molar refractivity (Wildman–Crippen MR) is 44.4 cm³/mol. The fourth-order valence-electron chi connectivity index (χ4n) is 1.04. The average Bonchev–Trinajstić information content (AvgIpc) is 1.91. The molecule has 52 valence electrons. The van der Waals surface area contributed by atoms with Gasteiger partial charge in [0.05, 0.1) is 0 Å². The summed E-state index contributed by atoms with van der Waals surface area (Å²) in [4.78, 5) is 3.32. The second kappa shape index (κ2) is 3.87. The molecule has 1 heterocycles. The molecule has 9 heavy (non-hydrogen) atoms. The maximum atomic E-state index is 5.42. The second-order valence-electron chi connectivity index (χ2n) is 2.28. The van der Waals surface area contributed by atoms with Crippen LogP contribution in [0, 0.1) is 0 Å². The fraction of sp³-hybridized carbons (Fsp3) is 0.600. The third-order valence-electron chi connectivity index (χ3n) is 1.51. The second-order valence-corrected chi connectivity index (χ2v) is 9.29. The molecular weight excluding hydrogens is 146 g/mol. The van der Waals surface area contributed by atoms with E-state index >= 15 is 0 Å². The van der Waals surface area contributed by atoms with Gasteiger partial charge in [-0.3, -0.25) is 0 Å². The van der Waals surface area contributed by atoms with Crippen molar-refractivity contribution in [2.24, 2.45) is 0 Å². The molecule has 0 bridgehead atoms. The summed E-state index contributed by atoms with van der Waals surface area (Å²) in [5.74, 6) is 0. The lowest BCUT2D eigenvalue weighted by Gasteiger charge is -2.19. The molecule has 0 amide bonds. The highest BCUT2D eigenvalue weighted by atomic mass is 29.2. The molecule has 1 fully saturated rings. The van der Waals surface area contributed by atoms with Crippen LogP contribution in [0.1, 0.15) is 6.42 Å². The Morgan fingerprint density at radius 1 is 1.78 bits per heavy atom. The molecular formula is C5H13NOSi2. The average molecular weight is 159 g/mol. The van der Waals surface area contributed by atoms with E-state index < -0.39 is 8.48 Å². The van der Waals surface area contributed by atoms with Gasteiger partial charge in [-0.05, 0) is 18.7 Å². The standard InChI is InChI=1S/C5H13NOSi2/c1-2-6-9-5-3-4-7-8-9/h2,6,9H,1,3-5,8H2. The SMILES string of the molecule is C=CN[SiH]1CCCO[SiH2]1. The van der Waals surface area contributed by atoms with E-state index in [1.165, 1.54) is 12.5 Å². The highest BCUT2D eigenvalue weighted by Crippen LogP contribution is 2.00. The van der Waals surface area contributed by atoms with Crippen LogP contribution in [0.5, 0.6) is 0 Å².